The maximum atomic E-state index is 13.0. The minimum atomic E-state index is -0.221. The van der Waals surface area contributed by atoms with Crippen molar-refractivity contribution in [3.63, 3.8) is 0 Å². The van der Waals surface area contributed by atoms with Crippen LogP contribution in [0.15, 0.2) is 24.3 Å². The first-order valence-corrected chi connectivity index (χ1v) is 8.16. The number of nitrogens with two attached hydrogens (primary N) is 1. The normalized spacial score (nSPS) is 26.4. The van der Waals surface area contributed by atoms with Crippen molar-refractivity contribution in [2.75, 3.05) is 19.6 Å². The Morgan fingerprint density at radius 1 is 1.18 bits per heavy atom. The number of hydrogen-bond donors (Lipinski definition) is 1. The van der Waals surface area contributed by atoms with E-state index in [9.17, 15) is 9.18 Å². The van der Waals surface area contributed by atoms with Gasteiger partial charge < -0.3 is 10.6 Å². The molecule has 1 unspecified atom stereocenters. The van der Waals surface area contributed by atoms with Crippen LogP contribution in [0.4, 0.5) is 4.39 Å². The number of rotatable bonds is 3. The molecular weight excluding hydrogens is 281 g/mol. The topological polar surface area (TPSA) is 49.6 Å². The molecule has 1 amide bonds. The molecule has 120 valence electrons. The summed E-state index contributed by atoms with van der Waals surface area (Å²) in [7, 11) is 0. The minimum Gasteiger partial charge on any atom is -0.340 e. The van der Waals surface area contributed by atoms with Crippen LogP contribution in [0.1, 0.15) is 31.2 Å². The molecule has 0 aromatic heterocycles. The highest BCUT2D eigenvalue weighted by Gasteiger charge is 2.34. The van der Waals surface area contributed by atoms with Crippen LogP contribution in [-0.2, 0) is 11.3 Å². The van der Waals surface area contributed by atoms with Crippen molar-refractivity contribution >= 4 is 5.91 Å². The Bertz CT molecular complexity index is 519. The average Bonchev–Trinajstić information content (AvgIpc) is 2.96. The van der Waals surface area contributed by atoms with E-state index in [1.165, 1.54) is 12.1 Å². The van der Waals surface area contributed by atoms with Gasteiger partial charge in [0, 0.05) is 25.7 Å². The van der Waals surface area contributed by atoms with Crippen molar-refractivity contribution in [2.45, 2.75) is 44.3 Å². The number of benzene rings is 1. The van der Waals surface area contributed by atoms with Gasteiger partial charge in [-0.25, -0.2) is 4.39 Å². The van der Waals surface area contributed by atoms with Crippen molar-refractivity contribution < 1.29 is 9.18 Å². The van der Waals surface area contributed by atoms with Crippen molar-refractivity contribution in [3.8, 4) is 0 Å². The molecule has 5 heteroatoms. The molecule has 0 bridgehead atoms. The smallest absolute Gasteiger partial charge is 0.239 e. The third-order valence-corrected chi connectivity index (χ3v) is 4.73. The lowest BCUT2D eigenvalue weighted by Crippen LogP contribution is -2.50. The second-order valence-electron chi connectivity index (χ2n) is 6.44. The number of halogens is 1. The molecule has 2 heterocycles. The Morgan fingerprint density at radius 3 is 2.64 bits per heavy atom. The summed E-state index contributed by atoms with van der Waals surface area (Å²) >= 11 is 0. The van der Waals surface area contributed by atoms with Crippen LogP contribution in [-0.4, -0.2) is 47.4 Å². The van der Waals surface area contributed by atoms with E-state index in [0.29, 0.717) is 13.1 Å². The third kappa shape index (κ3) is 3.47. The maximum Gasteiger partial charge on any atom is 0.239 e. The minimum absolute atomic E-state index is 0.0518. The number of hydrogen-bond acceptors (Lipinski definition) is 3. The zero-order valence-electron chi connectivity index (χ0n) is 12.9. The number of likely N-dealkylation sites (tertiary alicyclic amines) is 2. The maximum absolute atomic E-state index is 13.0. The van der Waals surface area contributed by atoms with E-state index in [1.807, 2.05) is 4.90 Å². The van der Waals surface area contributed by atoms with Crippen LogP contribution in [0.3, 0.4) is 0 Å². The number of carbonyl (C=O) groups excluding carboxylic acids is 1. The lowest BCUT2D eigenvalue weighted by molar-refractivity contribution is -0.137. The van der Waals surface area contributed by atoms with Gasteiger partial charge in [0.25, 0.3) is 0 Å². The lowest BCUT2D eigenvalue weighted by Gasteiger charge is -2.36. The van der Waals surface area contributed by atoms with Crippen LogP contribution in [0.2, 0.25) is 0 Å². The number of carbonyl (C=O) groups is 1. The van der Waals surface area contributed by atoms with Crippen LogP contribution < -0.4 is 5.73 Å². The summed E-state index contributed by atoms with van der Waals surface area (Å²) in [6.07, 6.45) is 4.02. The van der Waals surface area contributed by atoms with Crippen LogP contribution in [0, 0.1) is 5.82 Å². The predicted octanol–water partition coefficient (Wildman–Crippen LogP) is 1.74. The largest absolute Gasteiger partial charge is 0.340 e. The van der Waals surface area contributed by atoms with Gasteiger partial charge in [-0.2, -0.15) is 0 Å². The SMILES string of the molecule is N[C@@H]1CCN(C(=O)C2CCCCN2Cc2ccc(F)cc2)C1. The third-order valence-electron chi connectivity index (χ3n) is 4.73. The zero-order chi connectivity index (χ0) is 15.5. The highest BCUT2D eigenvalue weighted by molar-refractivity contribution is 5.82. The summed E-state index contributed by atoms with van der Waals surface area (Å²) in [4.78, 5) is 16.9. The van der Waals surface area contributed by atoms with Gasteiger partial charge in [0.15, 0.2) is 0 Å². The van der Waals surface area contributed by atoms with Gasteiger partial charge in [0.1, 0.15) is 5.82 Å². The standard InChI is InChI=1S/C17H24FN3O/c18-14-6-4-13(5-7-14)11-20-9-2-1-3-16(20)17(22)21-10-8-15(19)12-21/h4-7,15-16H,1-3,8-12,19H2/t15-,16?/m1/s1. The molecule has 1 aromatic rings. The highest BCUT2D eigenvalue weighted by Crippen LogP contribution is 2.23. The van der Waals surface area contributed by atoms with Gasteiger partial charge in [-0.05, 0) is 43.5 Å². The van der Waals surface area contributed by atoms with E-state index in [4.69, 9.17) is 5.73 Å². The quantitative estimate of drug-likeness (QED) is 0.925. The monoisotopic (exact) mass is 305 g/mol. The van der Waals surface area contributed by atoms with Gasteiger partial charge >= 0.3 is 0 Å². The number of nitrogens with zero attached hydrogens (tertiary/aromatic N) is 2. The summed E-state index contributed by atoms with van der Waals surface area (Å²) in [5.74, 6) is -0.00386. The molecule has 22 heavy (non-hydrogen) atoms. The molecule has 0 saturated carbocycles. The summed E-state index contributed by atoms with van der Waals surface area (Å²) < 4.78 is 13.0. The van der Waals surface area contributed by atoms with Gasteiger partial charge in [-0.3, -0.25) is 9.69 Å². The Balaban J connectivity index is 1.68. The number of piperidine rings is 1. The van der Waals surface area contributed by atoms with Crippen molar-refractivity contribution in [2.24, 2.45) is 5.73 Å². The van der Waals surface area contributed by atoms with E-state index < -0.39 is 0 Å². The molecule has 1 aromatic carbocycles. The van der Waals surface area contributed by atoms with Gasteiger partial charge in [0.2, 0.25) is 5.91 Å². The lowest BCUT2D eigenvalue weighted by atomic mass is 10.00. The van der Waals surface area contributed by atoms with E-state index >= 15 is 0 Å². The van der Waals surface area contributed by atoms with Crippen LogP contribution >= 0.6 is 0 Å². The van der Waals surface area contributed by atoms with E-state index in [-0.39, 0.29) is 23.8 Å². The van der Waals surface area contributed by atoms with E-state index in [0.717, 1.165) is 44.3 Å². The van der Waals surface area contributed by atoms with Crippen LogP contribution in [0.5, 0.6) is 0 Å². The van der Waals surface area contributed by atoms with E-state index in [1.54, 1.807) is 12.1 Å². The molecule has 2 aliphatic heterocycles. The Hall–Kier alpha value is -1.46. The molecule has 4 nitrogen and oxygen atoms in total. The van der Waals surface area contributed by atoms with Gasteiger partial charge in [0.05, 0.1) is 6.04 Å². The fourth-order valence-electron chi connectivity index (χ4n) is 3.48. The molecule has 2 fully saturated rings. The summed E-state index contributed by atoms with van der Waals surface area (Å²) in [6, 6.07) is 6.64. The Labute approximate surface area is 131 Å². The van der Waals surface area contributed by atoms with Gasteiger partial charge in [-0.15, -0.1) is 0 Å². The van der Waals surface area contributed by atoms with Gasteiger partial charge in [-0.1, -0.05) is 18.6 Å². The van der Waals surface area contributed by atoms with Crippen molar-refractivity contribution in [1.82, 2.24) is 9.80 Å². The fraction of sp³-hybridized carbons (Fsp3) is 0.588. The summed E-state index contributed by atoms with van der Waals surface area (Å²) in [5.41, 5.74) is 6.98. The van der Waals surface area contributed by atoms with E-state index in [2.05, 4.69) is 4.90 Å². The molecule has 0 radical (unpaired) electrons. The van der Waals surface area contributed by atoms with Crippen molar-refractivity contribution in [1.29, 1.82) is 0 Å². The molecule has 3 rings (SSSR count). The first-order valence-electron chi connectivity index (χ1n) is 8.16. The molecule has 2 atom stereocenters. The summed E-state index contributed by atoms with van der Waals surface area (Å²) in [6.45, 7) is 3.09. The Morgan fingerprint density at radius 2 is 1.95 bits per heavy atom. The predicted molar refractivity (Wildman–Crippen MR) is 83.6 cm³/mol. The molecule has 0 spiro atoms. The van der Waals surface area contributed by atoms with Crippen molar-refractivity contribution in [3.05, 3.63) is 35.6 Å². The molecular formula is C17H24FN3O. The molecule has 0 aliphatic carbocycles. The average molecular weight is 305 g/mol. The first-order chi connectivity index (χ1) is 10.6. The second-order valence-corrected chi connectivity index (χ2v) is 6.44. The van der Waals surface area contributed by atoms with Crippen LogP contribution in [0.25, 0.3) is 0 Å². The second kappa shape index (κ2) is 6.75. The zero-order valence-corrected chi connectivity index (χ0v) is 12.9. The molecule has 2 N–H and O–H groups in total. The Kier molecular flexibility index (Phi) is 4.74. The fourth-order valence-corrected chi connectivity index (χ4v) is 3.48. The molecule has 2 aliphatic rings. The summed E-state index contributed by atoms with van der Waals surface area (Å²) in [5, 5.41) is 0. The highest BCUT2D eigenvalue weighted by atomic mass is 19.1. The first kappa shape index (κ1) is 15.4. The molecule has 2 saturated heterocycles. The number of amides is 1.